The number of rotatable bonds is 6. The molecule has 0 N–H and O–H groups in total. The quantitative estimate of drug-likeness (QED) is 0.359. The summed E-state index contributed by atoms with van der Waals surface area (Å²) in [4.78, 5) is 37.3. The van der Waals surface area contributed by atoms with Crippen molar-refractivity contribution in [2.75, 3.05) is 33.3 Å². The van der Waals surface area contributed by atoms with E-state index in [2.05, 4.69) is 9.88 Å². The molecule has 0 aliphatic carbocycles. The van der Waals surface area contributed by atoms with Crippen molar-refractivity contribution in [3.63, 3.8) is 0 Å². The van der Waals surface area contributed by atoms with E-state index in [1.54, 1.807) is 17.9 Å². The van der Waals surface area contributed by atoms with Crippen LogP contribution in [0.5, 0.6) is 5.75 Å². The Hall–Kier alpha value is -3.23. The number of likely N-dealkylation sites (tertiary alicyclic amines) is 2. The molecule has 0 spiro atoms. The lowest BCUT2D eigenvalue weighted by molar-refractivity contribution is 0.0711. The highest BCUT2D eigenvalue weighted by Crippen LogP contribution is 2.41. The van der Waals surface area contributed by atoms with Crippen molar-refractivity contribution in [1.29, 1.82) is 0 Å². The van der Waals surface area contributed by atoms with Crippen LogP contribution in [0.2, 0.25) is 0 Å². The van der Waals surface area contributed by atoms with Crippen molar-refractivity contribution < 1.29 is 9.53 Å². The maximum Gasteiger partial charge on any atom is 0.268 e. The largest absolute Gasteiger partial charge is 0.494 e. The number of para-hydroxylation sites is 1. The molecule has 2 aliphatic rings. The highest BCUT2D eigenvalue weighted by atomic mass is 32.1. The predicted octanol–water partition coefficient (Wildman–Crippen LogP) is 5.00. The van der Waals surface area contributed by atoms with Crippen LogP contribution in [0.3, 0.4) is 0 Å². The van der Waals surface area contributed by atoms with E-state index in [4.69, 9.17) is 4.74 Å². The number of hydrogen-bond acceptors (Lipinski definition) is 6. The molecule has 1 atom stereocenters. The minimum absolute atomic E-state index is 0. The topological polar surface area (TPSA) is 67.7 Å². The van der Waals surface area contributed by atoms with E-state index in [1.807, 2.05) is 47.4 Å². The first-order valence-electron chi connectivity index (χ1n) is 12.7. The summed E-state index contributed by atoms with van der Waals surface area (Å²) in [6.45, 7) is 4.26. The number of carbonyl (C=O) groups is 1. The Morgan fingerprint density at radius 1 is 1.08 bits per heavy atom. The van der Waals surface area contributed by atoms with E-state index >= 15 is 0 Å². The Labute approximate surface area is 221 Å². The molecule has 2 aliphatic heterocycles. The number of amides is 1. The lowest BCUT2D eigenvalue weighted by atomic mass is 10.1. The number of aromatic nitrogens is 2. The summed E-state index contributed by atoms with van der Waals surface area (Å²) in [7, 11) is 1.56. The van der Waals surface area contributed by atoms with Crippen LogP contribution in [-0.4, -0.2) is 64.6 Å². The minimum atomic E-state index is -0.156. The van der Waals surface area contributed by atoms with Gasteiger partial charge in [0.15, 0.2) is 5.75 Å². The van der Waals surface area contributed by atoms with E-state index in [9.17, 15) is 9.59 Å². The Morgan fingerprint density at radius 2 is 1.86 bits per heavy atom. The first-order valence-corrected chi connectivity index (χ1v) is 13.5. The predicted molar refractivity (Wildman–Crippen MR) is 150 cm³/mol. The molecule has 1 amide bonds. The SMILES string of the molecule is C.COc1c(C(=O)N2CCC[C@H]2CN2CCCC2)sc2c1c(=O)n(Cc1ccccn1)c1ccccc21. The summed E-state index contributed by atoms with van der Waals surface area (Å²) in [5.74, 6) is 0.381. The highest BCUT2D eigenvalue weighted by Gasteiger charge is 2.35. The van der Waals surface area contributed by atoms with Crippen LogP contribution in [0.1, 0.15) is 48.5 Å². The molecule has 0 unspecified atom stereocenters. The van der Waals surface area contributed by atoms with Gasteiger partial charge in [0.1, 0.15) is 10.3 Å². The van der Waals surface area contributed by atoms with Gasteiger partial charge in [-0.2, -0.15) is 0 Å². The number of thiophene rings is 1. The first kappa shape index (κ1) is 25.4. The smallest absolute Gasteiger partial charge is 0.268 e. The van der Waals surface area contributed by atoms with Crippen LogP contribution in [0, 0.1) is 0 Å². The second-order valence-corrected chi connectivity index (χ2v) is 10.7. The molecular weight excluding hydrogens is 484 g/mol. The minimum Gasteiger partial charge on any atom is -0.494 e. The molecule has 0 bridgehead atoms. The summed E-state index contributed by atoms with van der Waals surface area (Å²) >= 11 is 1.39. The molecule has 194 valence electrons. The molecule has 2 saturated heterocycles. The molecule has 6 rings (SSSR count). The third-order valence-electron chi connectivity index (χ3n) is 7.51. The second-order valence-electron chi connectivity index (χ2n) is 9.70. The van der Waals surface area contributed by atoms with Crippen molar-refractivity contribution in [2.45, 2.75) is 45.7 Å². The van der Waals surface area contributed by atoms with Gasteiger partial charge in [0, 0.05) is 30.7 Å². The van der Waals surface area contributed by atoms with Gasteiger partial charge in [-0.1, -0.05) is 31.7 Å². The van der Waals surface area contributed by atoms with Crippen molar-refractivity contribution in [3.05, 3.63) is 69.6 Å². The Bertz CT molecular complexity index is 1470. The lowest BCUT2D eigenvalue weighted by Crippen LogP contribution is -2.42. The summed E-state index contributed by atoms with van der Waals surface area (Å²) in [6, 6.07) is 13.8. The van der Waals surface area contributed by atoms with Crippen molar-refractivity contribution in [1.82, 2.24) is 19.4 Å². The van der Waals surface area contributed by atoms with E-state index < -0.39 is 0 Å². The van der Waals surface area contributed by atoms with Crippen LogP contribution in [-0.2, 0) is 6.54 Å². The maximum absolute atomic E-state index is 13.9. The van der Waals surface area contributed by atoms with Crippen molar-refractivity contribution >= 4 is 38.2 Å². The Kier molecular flexibility index (Phi) is 7.31. The molecule has 4 aromatic rings. The van der Waals surface area contributed by atoms with Gasteiger partial charge < -0.3 is 19.1 Å². The Morgan fingerprint density at radius 3 is 2.62 bits per heavy atom. The van der Waals surface area contributed by atoms with E-state index in [1.165, 1.54) is 24.2 Å². The number of nitrogens with zero attached hydrogens (tertiary/aromatic N) is 4. The fourth-order valence-electron chi connectivity index (χ4n) is 5.78. The van der Waals surface area contributed by atoms with Gasteiger partial charge >= 0.3 is 0 Å². The molecule has 0 saturated carbocycles. The standard InChI is InChI=1S/C28H30N4O3S.CH4/c1-35-24-23-25(36-26(24)28(34)31-16-8-10-20(31)18-30-14-6-7-15-30)21-11-2-3-12-22(21)32(27(23)33)17-19-9-4-5-13-29-19;/h2-5,9,11-13,20H,6-8,10,14-18H2,1H3;1H4/t20-;/m0./s1. The average Bonchev–Trinajstić information content (AvgIpc) is 3.67. The molecule has 1 aromatic carbocycles. The number of pyridine rings is 2. The third-order valence-corrected chi connectivity index (χ3v) is 8.71. The molecule has 0 radical (unpaired) electrons. The molecule has 7 nitrogen and oxygen atoms in total. The van der Waals surface area contributed by atoms with Crippen molar-refractivity contribution in [3.8, 4) is 5.75 Å². The monoisotopic (exact) mass is 518 g/mol. The fourth-order valence-corrected chi connectivity index (χ4v) is 7.03. The fraction of sp³-hybridized carbons (Fsp3) is 0.414. The zero-order valence-electron chi connectivity index (χ0n) is 20.5. The summed E-state index contributed by atoms with van der Waals surface area (Å²) in [5.41, 5.74) is 1.48. The first-order chi connectivity index (χ1) is 17.7. The number of ether oxygens (including phenoxy) is 1. The summed E-state index contributed by atoms with van der Waals surface area (Å²) in [5, 5.41) is 1.43. The van der Waals surface area contributed by atoms with Crippen LogP contribution in [0.4, 0.5) is 0 Å². The number of methoxy groups -OCH3 is 1. The van der Waals surface area contributed by atoms with Gasteiger partial charge in [-0.25, -0.2) is 0 Å². The summed E-state index contributed by atoms with van der Waals surface area (Å²) in [6.07, 6.45) is 6.25. The van der Waals surface area contributed by atoms with Crippen LogP contribution < -0.4 is 10.3 Å². The normalized spacial score (nSPS) is 18.0. The van der Waals surface area contributed by atoms with Crippen molar-refractivity contribution in [2.24, 2.45) is 0 Å². The number of fused-ring (bicyclic) bond motifs is 3. The molecule has 3 aromatic heterocycles. The molecule has 2 fully saturated rings. The highest BCUT2D eigenvalue weighted by molar-refractivity contribution is 7.22. The number of benzene rings is 1. The van der Waals surface area contributed by atoms with E-state index in [0.29, 0.717) is 22.6 Å². The van der Waals surface area contributed by atoms with E-state index in [0.717, 1.165) is 60.3 Å². The van der Waals surface area contributed by atoms with Crippen LogP contribution in [0.25, 0.3) is 21.0 Å². The zero-order valence-corrected chi connectivity index (χ0v) is 21.3. The Balaban J connectivity index is 0.00000280. The lowest BCUT2D eigenvalue weighted by Gasteiger charge is -2.28. The second kappa shape index (κ2) is 10.6. The summed E-state index contributed by atoms with van der Waals surface area (Å²) < 4.78 is 8.36. The molecule has 8 heteroatoms. The van der Waals surface area contributed by atoms with Gasteiger partial charge in [-0.05, 0) is 57.0 Å². The van der Waals surface area contributed by atoms with Crippen LogP contribution >= 0.6 is 11.3 Å². The van der Waals surface area contributed by atoms with Gasteiger partial charge in [0.05, 0.1) is 29.6 Å². The maximum atomic E-state index is 13.9. The molecule has 5 heterocycles. The van der Waals surface area contributed by atoms with Crippen LogP contribution in [0.15, 0.2) is 53.5 Å². The molecular formula is C29H34N4O3S. The number of carbonyl (C=O) groups excluding carboxylic acids is 1. The third kappa shape index (κ3) is 4.53. The zero-order chi connectivity index (χ0) is 24.6. The average molecular weight is 519 g/mol. The number of hydrogen-bond donors (Lipinski definition) is 0. The molecule has 37 heavy (non-hydrogen) atoms. The van der Waals surface area contributed by atoms with Gasteiger partial charge in [0.25, 0.3) is 11.5 Å². The van der Waals surface area contributed by atoms with Gasteiger partial charge in [-0.3, -0.25) is 14.6 Å². The van der Waals surface area contributed by atoms with Gasteiger partial charge in [0.2, 0.25) is 0 Å². The van der Waals surface area contributed by atoms with Gasteiger partial charge in [-0.15, -0.1) is 11.3 Å². The van der Waals surface area contributed by atoms with E-state index in [-0.39, 0.29) is 24.9 Å².